The Morgan fingerprint density at radius 3 is 2.54 bits per heavy atom. The van der Waals surface area contributed by atoms with Crippen LogP contribution >= 0.6 is 0 Å². The lowest BCUT2D eigenvalue weighted by molar-refractivity contribution is -0.201. The first-order valence-corrected chi connectivity index (χ1v) is 9.30. The predicted molar refractivity (Wildman–Crippen MR) is 91.2 cm³/mol. The van der Waals surface area contributed by atoms with Crippen molar-refractivity contribution < 1.29 is 33.3 Å². The molecule has 2 saturated carbocycles. The molecule has 0 aromatic rings. The zero-order valence-corrected chi connectivity index (χ0v) is 15.5. The summed E-state index contributed by atoms with van der Waals surface area (Å²) in [5, 5.41) is 0. The van der Waals surface area contributed by atoms with Crippen LogP contribution in [0.5, 0.6) is 0 Å². The molecule has 3 rings (SSSR count). The lowest BCUT2D eigenvalue weighted by atomic mass is 9.79. The molecule has 0 aromatic heterocycles. The lowest BCUT2D eigenvalue weighted by Gasteiger charge is -2.41. The Bertz CT molecular complexity index is 554. The van der Waals surface area contributed by atoms with E-state index in [2.05, 4.69) is 6.58 Å². The molecule has 146 valence electrons. The Kier molecular flexibility index (Phi) is 5.69. The summed E-state index contributed by atoms with van der Waals surface area (Å²) in [7, 11) is 1.29. The van der Waals surface area contributed by atoms with Gasteiger partial charge < -0.3 is 23.7 Å². The van der Waals surface area contributed by atoms with Crippen LogP contribution in [-0.4, -0.2) is 55.4 Å². The Morgan fingerprint density at radius 2 is 1.92 bits per heavy atom. The van der Waals surface area contributed by atoms with Gasteiger partial charge in [-0.05, 0) is 12.8 Å². The smallest absolute Gasteiger partial charge is 0.350 e. The van der Waals surface area contributed by atoms with Gasteiger partial charge in [0.15, 0.2) is 5.79 Å². The molecule has 1 aliphatic heterocycles. The maximum absolute atomic E-state index is 12.5. The monoisotopic (exact) mass is 368 g/mol. The predicted octanol–water partition coefficient (Wildman–Crippen LogP) is 2.27. The van der Waals surface area contributed by atoms with Crippen LogP contribution in [0.25, 0.3) is 0 Å². The second-order valence-electron chi connectivity index (χ2n) is 7.36. The van der Waals surface area contributed by atoms with Crippen molar-refractivity contribution in [1.82, 2.24) is 0 Å². The zero-order chi connectivity index (χ0) is 18.8. The molecule has 1 saturated heterocycles. The Labute approximate surface area is 153 Å². The van der Waals surface area contributed by atoms with E-state index in [0.717, 1.165) is 25.7 Å². The first-order chi connectivity index (χ1) is 12.4. The molecule has 4 atom stereocenters. The second kappa shape index (κ2) is 7.66. The van der Waals surface area contributed by atoms with Gasteiger partial charge in [0.25, 0.3) is 0 Å². The number of esters is 2. The SMILES string of the molecule is C=CCO[C@@H]1C[C@](OC(C)=O)(C(=O)OC)C[C@H]2OC3(CCCCC3)O[C@@H]12. The first kappa shape index (κ1) is 19.3. The molecule has 0 bridgehead atoms. The van der Waals surface area contributed by atoms with E-state index in [1.165, 1.54) is 20.5 Å². The van der Waals surface area contributed by atoms with E-state index >= 15 is 0 Å². The van der Waals surface area contributed by atoms with Gasteiger partial charge >= 0.3 is 11.9 Å². The third-order valence-corrected chi connectivity index (χ3v) is 5.45. The van der Waals surface area contributed by atoms with Crippen LogP contribution in [0.4, 0.5) is 0 Å². The quantitative estimate of drug-likeness (QED) is 0.544. The fraction of sp³-hybridized carbons (Fsp3) is 0.789. The molecule has 0 radical (unpaired) electrons. The Hall–Kier alpha value is -1.44. The standard InChI is InChI=1S/C19H28O7/c1-4-10-23-14-11-18(17(21)22-3,24-13(2)20)12-15-16(14)26-19(25-15)8-6-5-7-9-19/h4,14-16H,1,5-12H2,2-3H3/t14-,15-,16+,18-/m1/s1. The Balaban J connectivity index is 1.88. The third-order valence-electron chi connectivity index (χ3n) is 5.45. The van der Waals surface area contributed by atoms with Crippen LogP contribution in [0, 0.1) is 0 Å². The summed E-state index contributed by atoms with van der Waals surface area (Å²) < 4.78 is 29.0. The van der Waals surface area contributed by atoms with Crippen LogP contribution in [-0.2, 0) is 33.3 Å². The van der Waals surface area contributed by atoms with Crippen LogP contribution in [0.15, 0.2) is 12.7 Å². The van der Waals surface area contributed by atoms with Crippen molar-refractivity contribution in [3.05, 3.63) is 12.7 Å². The Morgan fingerprint density at radius 1 is 1.19 bits per heavy atom. The van der Waals surface area contributed by atoms with E-state index in [1.54, 1.807) is 6.08 Å². The molecular formula is C19H28O7. The van der Waals surface area contributed by atoms with Gasteiger partial charge in [0, 0.05) is 32.6 Å². The maximum Gasteiger partial charge on any atom is 0.350 e. The van der Waals surface area contributed by atoms with E-state index in [-0.39, 0.29) is 18.9 Å². The second-order valence-corrected chi connectivity index (χ2v) is 7.36. The molecule has 2 aliphatic carbocycles. The van der Waals surface area contributed by atoms with Crippen LogP contribution in [0.2, 0.25) is 0 Å². The summed E-state index contributed by atoms with van der Waals surface area (Å²) in [5.74, 6) is -1.75. The molecule has 0 unspecified atom stereocenters. The molecule has 7 heteroatoms. The van der Waals surface area contributed by atoms with Gasteiger partial charge in [-0.3, -0.25) is 4.79 Å². The molecule has 0 amide bonds. The number of carbonyl (C=O) groups excluding carboxylic acids is 2. The summed E-state index contributed by atoms with van der Waals surface area (Å²) in [6, 6.07) is 0. The number of carbonyl (C=O) groups is 2. The largest absolute Gasteiger partial charge is 0.466 e. The van der Waals surface area contributed by atoms with Gasteiger partial charge in [0.05, 0.1) is 25.9 Å². The van der Waals surface area contributed by atoms with E-state index in [4.69, 9.17) is 23.7 Å². The highest BCUT2D eigenvalue weighted by Gasteiger charge is 2.61. The fourth-order valence-electron chi connectivity index (χ4n) is 4.44. The highest BCUT2D eigenvalue weighted by atomic mass is 16.8. The van der Waals surface area contributed by atoms with E-state index in [0.29, 0.717) is 6.61 Å². The fourth-order valence-corrected chi connectivity index (χ4v) is 4.44. The summed E-state index contributed by atoms with van der Waals surface area (Å²) in [5.41, 5.74) is -1.42. The molecule has 7 nitrogen and oxygen atoms in total. The number of rotatable bonds is 5. The van der Waals surface area contributed by atoms with Crippen molar-refractivity contribution in [3.63, 3.8) is 0 Å². The van der Waals surface area contributed by atoms with Gasteiger partial charge in [0.1, 0.15) is 6.10 Å². The number of fused-ring (bicyclic) bond motifs is 1. The molecular weight excluding hydrogens is 340 g/mol. The molecule has 26 heavy (non-hydrogen) atoms. The topological polar surface area (TPSA) is 80.3 Å². The van der Waals surface area contributed by atoms with E-state index in [9.17, 15) is 9.59 Å². The highest BCUT2D eigenvalue weighted by Crippen LogP contribution is 2.48. The number of ether oxygens (including phenoxy) is 5. The molecule has 3 aliphatic rings. The minimum absolute atomic E-state index is 0.174. The maximum atomic E-state index is 12.5. The molecule has 1 spiro atoms. The lowest BCUT2D eigenvalue weighted by Crippen LogP contribution is -2.58. The van der Waals surface area contributed by atoms with Gasteiger partial charge in [-0.2, -0.15) is 0 Å². The van der Waals surface area contributed by atoms with Crippen molar-refractivity contribution in [2.24, 2.45) is 0 Å². The van der Waals surface area contributed by atoms with Gasteiger partial charge in [-0.25, -0.2) is 4.79 Å². The van der Waals surface area contributed by atoms with Crippen molar-refractivity contribution in [3.8, 4) is 0 Å². The summed E-state index contributed by atoms with van der Waals surface area (Å²) >= 11 is 0. The van der Waals surface area contributed by atoms with Crippen LogP contribution in [0.3, 0.4) is 0 Å². The molecule has 0 aromatic carbocycles. The highest BCUT2D eigenvalue weighted by molar-refractivity contribution is 5.83. The molecule has 1 heterocycles. The zero-order valence-electron chi connectivity index (χ0n) is 15.5. The summed E-state index contributed by atoms with van der Waals surface area (Å²) in [6.45, 7) is 5.27. The first-order valence-electron chi connectivity index (χ1n) is 9.30. The van der Waals surface area contributed by atoms with E-state index in [1.807, 2.05) is 0 Å². The number of methoxy groups -OCH3 is 1. The van der Waals surface area contributed by atoms with Crippen molar-refractivity contribution in [1.29, 1.82) is 0 Å². The van der Waals surface area contributed by atoms with Crippen LogP contribution in [0.1, 0.15) is 51.9 Å². The number of hydrogen-bond acceptors (Lipinski definition) is 7. The van der Waals surface area contributed by atoms with Crippen molar-refractivity contribution >= 4 is 11.9 Å². The van der Waals surface area contributed by atoms with Crippen LogP contribution < -0.4 is 0 Å². The normalized spacial score (nSPS) is 35.5. The average Bonchev–Trinajstić information content (AvgIpc) is 2.96. The van der Waals surface area contributed by atoms with Crippen molar-refractivity contribution in [2.45, 2.75) is 81.6 Å². The number of hydrogen-bond donors (Lipinski definition) is 0. The van der Waals surface area contributed by atoms with Gasteiger partial charge in [0.2, 0.25) is 5.60 Å². The molecule has 3 fully saturated rings. The van der Waals surface area contributed by atoms with Crippen molar-refractivity contribution in [2.75, 3.05) is 13.7 Å². The van der Waals surface area contributed by atoms with Gasteiger partial charge in [-0.1, -0.05) is 12.5 Å². The summed E-state index contributed by atoms with van der Waals surface area (Å²) in [4.78, 5) is 24.2. The average molecular weight is 368 g/mol. The minimum Gasteiger partial charge on any atom is -0.466 e. The third kappa shape index (κ3) is 3.66. The van der Waals surface area contributed by atoms with E-state index < -0.39 is 35.5 Å². The molecule has 0 N–H and O–H groups in total. The minimum atomic E-state index is -1.42. The summed E-state index contributed by atoms with van der Waals surface area (Å²) in [6.07, 6.45) is 5.78. The van der Waals surface area contributed by atoms with Gasteiger partial charge in [-0.15, -0.1) is 6.58 Å².